The summed E-state index contributed by atoms with van der Waals surface area (Å²) in [5.74, 6) is 0.887. The van der Waals surface area contributed by atoms with Gasteiger partial charge in [0.05, 0.1) is 34.2 Å². The van der Waals surface area contributed by atoms with Gasteiger partial charge in [0, 0.05) is 28.9 Å². The van der Waals surface area contributed by atoms with Crippen molar-refractivity contribution in [3.63, 3.8) is 0 Å². The van der Waals surface area contributed by atoms with E-state index in [0.717, 1.165) is 5.69 Å². The Morgan fingerprint density at radius 2 is 2.15 bits per heavy atom. The largest absolute Gasteiger partial charge is 0.378 e. The molecule has 0 unspecified atom stereocenters. The lowest BCUT2D eigenvalue weighted by Gasteiger charge is -2.06. The second kappa shape index (κ2) is 6.89. The molecule has 0 radical (unpaired) electrons. The van der Waals surface area contributed by atoms with Gasteiger partial charge in [-0.2, -0.15) is 0 Å². The van der Waals surface area contributed by atoms with E-state index in [4.69, 9.17) is 27.9 Å². The minimum Gasteiger partial charge on any atom is -0.378 e. The first-order valence-electron chi connectivity index (χ1n) is 6.25. The maximum Gasteiger partial charge on any atom is 0.155 e. The fourth-order valence-electron chi connectivity index (χ4n) is 1.76. The summed E-state index contributed by atoms with van der Waals surface area (Å²) in [4.78, 5) is 4.38. The molecule has 0 fully saturated rings. The van der Waals surface area contributed by atoms with Gasteiger partial charge in [-0.25, -0.2) is 4.98 Å². The Morgan fingerprint density at radius 1 is 1.40 bits per heavy atom. The molecule has 2 aromatic heterocycles. The highest BCUT2D eigenvalue weighted by molar-refractivity contribution is 7.84. The molecule has 110 valence electrons. The number of pyridine rings is 1. The van der Waals surface area contributed by atoms with Crippen LogP contribution in [0.2, 0.25) is 10.0 Å². The van der Waals surface area contributed by atoms with E-state index in [0.29, 0.717) is 33.8 Å². The molecule has 0 spiro atoms. The minimum absolute atomic E-state index is 0.156. The van der Waals surface area contributed by atoms with Crippen molar-refractivity contribution in [3.8, 4) is 0 Å². The number of halogens is 2. The van der Waals surface area contributed by atoms with Crippen LogP contribution in [0.1, 0.15) is 19.5 Å². The van der Waals surface area contributed by atoms with E-state index in [1.807, 2.05) is 13.8 Å². The van der Waals surface area contributed by atoms with Crippen LogP contribution in [0.3, 0.4) is 0 Å². The summed E-state index contributed by atoms with van der Waals surface area (Å²) < 4.78 is 19.1. The van der Waals surface area contributed by atoms with Crippen LogP contribution in [0, 0.1) is 0 Å². The molecule has 0 amide bonds. The lowest BCUT2D eigenvalue weighted by Crippen LogP contribution is -2.12. The third-order valence-electron chi connectivity index (χ3n) is 2.59. The van der Waals surface area contributed by atoms with Gasteiger partial charge < -0.3 is 9.14 Å². The van der Waals surface area contributed by atoms with Gasteiger partial charge in [-0.15, -0.1) is 0 Å². The highest BCUT2D eigenvalue weighted by atomic mass is 35.5. The molecule has 0 saturated heterocycles. The van der Waals surface area contributed by atoms with Gasteiger partial charge in [-0.1, -0.05) is 23.2 Å². The number of aromatic nitrogens is 2. The minimum atomic E-state index is -1.00. The van der Waals surface area contributed by atoms with Crippen LogP contribution in [-0.2, 0) is 21.3 Å². The van der Waals surface area contributed by atoms with Crippen molar-refractivity contribution in [1.82, 2.24) is 9.38 Å². The number of nitrogens with zero attached hydrogens (tertiary/aromatic N) is 2. The lowest BCUT2D eigenvalue weighted by molar-refractivity contribution is 0.0916. The Bertz CT molecular complexity index is 628. The molecule has 0 aliphatic heterocycles. The molecule has 0 saturated carbocycles. The third-order valence-corrected chi connectivity index (χ3v) is 4.32. The van der Waals surface area contributed by atoms with E-state index in [9.17, 15) is 4.21 Å². The van der Waals surface area contributed by atoms with Gasteiger partial charge in [0.15, 0.2) is 5.65 Å². The summed E-state index contributed by atoms with van der Waals surface area (Å²) in [5, 5.41) is 1.02. The first-order chi connectivity index (χ1) is 9.45. The van der Waals surface area contributed by atoms with Crippen molar-refractivity contribution in [2.45, 2.75) is 25.7 Å². The summed E-state index contributed by atoms with van der Waals surface area (Å²) in [6, 6.07) is 1.64. The van der Waals surface area contributed by atoms with Gasteiger partial charge in [-0.05, 0) is 19.9 Å². The molecule has 7 heteroatoms. The van der Waals surface area contributed by atoms with Crippen LogP contribution in [0.4, 0.5) is 0 Å². The van der Waals surface area contributed by atoms with E-state index in [2.05, 4.69) is 4.98 Å². The molecule has 0 aliphatic carbocycles. The molecule has 0 aromatic carbocycles. The van der Waals surface area contributed by atoms with Crippen LogP contribution in [0.25, 0.3) is 5.65 Å². The lowest BCUT2D eigenvalue weighted by atomic mass is 10.5. The molecule has 0 N–H and O–H groups in total. The Hall–Kier alpha value is -0.620. The number of fused-ring (bicyclic) bond motifs is 1. The van der Waals surface area contributed by atoms with Crippen LogP contribution in [0.5, 0.6) is 0 Å². The Balaban J connectivity index is 2.03. The topological polar surface area (TPSA) is 43.6 Å². The highest BCUT2D eigenvalue weighted by Crippen LogP contribution is 2.22. The van der Waals surface area contributed by atoms with Crippen LogP contribution in [0.15, 0.2) is 18.5 Å². The van der Waals surface area contributed by atoms with E-state index < -0.39 is 10.8 Å². The smallest absolute Gasteiger partial charge is 0.155 e. The molecule has 1 atom stereocenters. The Labute approximate surface area is 130 Å². The van der Waals surface area contributed by atoms with Crippen molar-refractivity contribution in [3.05, 3.63) is 34.2 Å². The van der Waals surface area contributed by atoms with Crippen LogP contribution < -0.4 is 0 Å². The zero-order chi connectivity index (χ0) is 14.7. The molecule has 2 aromatic rings. The second-order valence-electron chi connectivity index (χ2n) is 4.68. The van der Waals surface area contributed by atoms with E-state index in [1.54, 1.807) is 22.9 Å². The normalized spacial score (nSPS) is 13.2. The average molecular weight is 335 g/mol. The van der Waals surface area contributed by atoms with Gasteiger partial charge in [0.1, 0.15) is 0 Å². The number of hydrogen-bond acceptors (Lipinski definition) is 3. The maximum absolute atomic E-state index is 11.9. The first kappa shape index (κ1) is 15.8. The molecule has 0 aliphatic rings. The van der Waals surface area contributed by atoms with E-state index >= 15 is 0 Å². The number of imidazole rings is 1. The molecule has 4 nitrogen and oxygen atoms in total. The molecule has 20 heavy (non-hydrogen) atoms. The first-order valence-corrected chi connectivity index (χ1v) is 8.49. The average Bonchev–Trinajstić information content (AvgIpc) is 2.71. The summed E-state index contributed by atoms with van der Waals surface area (Å²) in [6.45, 7) is 4.40. The highest BCUT2D eigenvalue weighted by Gasteiger charge is 2.10. The summed E-state index contributed by atoms with van der Waals surface area (Å²) >= 11 is 12.0. The fraction of sp³-hybridized carbons (Fsp3) is 0.462. The molecular formula is C13H16Cl2N2O2S. The Kier molecular flexibility index (Phi) is 5.43. The molecule has 0 bridgehead atoms. The SMILES string of the molecule is CC(C)OCC[S@@](=O)Cc1cn2cc(Cl)cc(Cl)c2n1. The summed E-state index contributed by atoms with van der Waals surface area (Å²) in [6.07, 6.45) is 3.68. The van der Waals surface area contributed by atoms with Crippen molar-refractivity contribution in [2.75, 3.05) is 12.4 Å². The molecule has 2 heterocycles. The second-order valence-corrected chi connectivity index (χ2v) is 7.10. The zero-order valence-electron chi connectivity index (χ0n) is 11.3. The van der Waals surface area contributed by atoms with Crippen molar-refractivity contribution >= 4 is 39.6 Å². The monoisotopic (exact) mass is 334 g/mol. The van der Waals surface area contributed by atoms with Crippen LogP contribution in [-0.4, -0.2) is 32.1 Å². The van der Waals surface area contributed by atoms with Gasteiger partial charge in [0.2, 0.25) is 0 Å². The molecule has 2 rings (SSSR count). The zero-order valence-corrected chi connectivity index (χ0v) is 13.6. The number of hydrogen-bond donors (Lipinski definition) is 0. The van der Waals surface area contributed by atoms with Crippen molar-refractivity contribution < 1.29 is 8.95 Å². The number of ether oxygens (including phenoxy) is 1. The van der Waals surface area contributed by atoms with E-state index in [1.165, 1.54) is 0 Å². The Morgan fingerprint density at radius 3 is 2.85 bits per heavy atom. The third kappa shape index (κ3) is 4.19. The van der Waals surface area contributed by atoms with Crippen molar-refractivity contribution in [1.29, 1.82) is 0 Å². The van der Waals surface area contributed by atoms with Crippen LogP contribution >= 0.6 is 23.2 Å². The fourth-order valence-corrected chi connectivity index (χ4v) is 3.18. The van der Waals surface area contributed by atoms with Crippen molar-refractivity contribution in [2.24, 2.45) is 0 Å². The quantitative estimate of drug-likeness (QED) is 0.813. The van der Waals surface area contributed by atoms with Gasteiger partial charge >= 0.3 is 0 Å². The number of rotatable bonds is 6. The maximum atomic E-state index is 11.9. The van der Waals surface area contributed by atoms with E-state index in [-0.39, 0.29) is 6.10 Å². The van der Waals surface area contributed by atoms with Gasteiger partial charge in [0.25, 0.3) is 0 Å². The summed E-state index contributed by atoms with van der Waals surface area (Å²) in [7, 11) is -1.00. The standard InChI is InChI=1S/C13H16Cl2N2O2S/c1-9(2)19-3-4-20(18)8-11-7-17-6-10(14)5-12(15)13(17)16-11/h5-7,9H,3-4,8H2,1-2H3/t20-/m1/s1. The summed E-state index contributed by atoms with van der Waals surface area (Å²) in [5.41, 5.74) is 1.36. The van der Waals surface area contributed by atoms with Gasteiger partial charge in [-0.3, -0.25) is 4.21 Å². The predicted molar refractivity (Wildman–Crippen MR) is 83.0 cm³/mol. The molecular weight excluding hydrogens is 319 g/mol. The predicted octanol–water partition coefficient (Wildman–Crippen LogP) is 3.31.